The molecule has 0 bridgehead atoms. The van der Waals surface area contributed by atoms with Gasteiger partial charge in [0.25, 0.3) is 5.69 Å². The second kappa shape index (κ2) is 7.76. The molecule has 0 saturated carbocycles. The molecule has 24 heavy (non-hydrogen) atoms. The van der Waals surface area contributed by atoms with Gasteiger partial charge in [-0.05, 0) is 47.7 Å². The summed E-state index contributed by atoms with van der Waals surface area (Å²) >= 11 is 3.10. The van der Waals surface area contributed by atoms with Crippen LogP contribution in [0, 0.1) is 15.9 Å². The average Bonchev–Trinajstić information content (AvgIpc) is 2.59. The minimum atomic E-state index is -0.624. The summed E-state index contributed by atoms with van der Waals surface area (Å²) in [5.41, 5.74) is 0.153. The highest BCUT2D eigenvalue weighted by Gasteiger charge is 2.28. The topological polar surface area (TPSA) is 67.6 Å². The third-order valence-electron chi connectivity index (χ3n) is 4.83. The van der Waals surface area contributed by atoms with Crippen molar-refractivity contribution in [1.29, 1.82) is 0 Å². The smallest absolute Gasteiger partial charge is 0.295 e. The van der Waals surface area contributed by atoms with Crippen molar-refractivity contribution in [2.75, 3.05) is 31.6 Å². The van der Waals surface area contributed by atoms with Gasteiger partial charge in [-0.2, -0.15) is 0 Å². The number of benzene rings is 1. The van der Waals surface area contributed by atoms with Gasteiger partial charge >= 0.3 is 0 Å². The fourth-order valence-corrected chi connectivity index (χ4v) is 3.83. The standard InChI is InChI=1S/C16H21BrFN3O3/c17-13-9-15(16(21(22)23)10-14(13)18)19-11-1-5-20(6-2-11)12-3-7-24-8-4-12/h9-12,19H,1-8H2. The first-order valence-electron chi connectivity index (χ1n) is 8.26. The molecule has 0 aromatic heterocycles. The third-order valence-corrected chi connectivity index (χ3v) is 5.44. The lowest BCUT2D eigenvalue weighted by Crippen LogP contribution is -2.46. The number of rotatable bonds is 4. The Morgan fingerprint density at radius 3 is 2.54 bits per heavy atom. The van der Waals surface area contributed by atoms with Crippen molar-refractivity contribution < 1.29 is 14.1 Å². The number of nitrogens with zero attached hydrogens (tertiary/aromatic N) is 2. The molecular formula is C16H21BrFN3O3. The number of hydrogen-bond donors (Lipinski definition) is 1. The Morgan fingerprint density at radius 2 is 1.92 bits per heavy atom. The number of anilines is 1. The van der Waals surface area contributed by atoms with Gasteiger partial charge in [0, 0.05) is 38.4 Å². The van der Waals surface area contributed by atoms with Crippen LogP contribution in [-0.4, -0.2) is 48.2 Å². The second-order valence-corrected chi connectivity index (χ2v) is 7.19. The van der Waals surface area contributed by atoms with Crippen molar-refractivity contribution in [3.05, 3.63) is 32.5 Å². The predicted octanol–water partition coefficient (Wildman–Crippen LogP) is 3.55. The predicted molar refractivity (Wildman–Crippen MR) is 92.8 cm³/mol. The van der Waals surface area contributed by atoms with Gasteiger partial charge in [0.1, 0.15) is 11.5 Å². The van der Waals surface area contributed by atoms with Crippen LogP contribution in [0.2, 0.25) is 0 Å². The van der Waals surface area contributed by atoms with E-state index in [0.29, 0.717) is 11.7 Å². The lowest BCUT2D eigenvalue weighted by Gasteiger charge is -2.39. The summed E-state index contributed by atoms with van der Waals surface area (Å²) in [5, 5.41) is 14.4. The van der Waals surface area contributed by atoms with E-state index >= 15 is 0 Å². The molecule has 2 aliphatic heterocycles. The Bertz CT molecular complexity index is 602. The van der Waals surface area contributed by atoms with Crippen molar-refractivity contribution in [2.45, 2.75) is 37.8 Å². The van der Waals surface area contributed by atoms with Crippen LogP contribution in [0.4, 0.5) is 15.8 Å². The normalized spacial score (nSPS) is 20.9. The van der Waals surface area contributed by atoms with Gasteiger partial charge < -0.3 is 15.0 Å². The molecule has 2 aliphatic rings. The molecule has 0 amide bonds. The third kappa shape index (κ3) is 4.04. The van der Waals surface area contributed by atoms with E-state index in [4.69, 9.17) is 4.74 Å². The molecule has 2 saturated heterocycles. The Morgan fingerprint density at radius 1 is 1.25 bits per heavy atom. The number of halogens is 2. The number of ether oxygens (including phenoxy) is 1. The van der Waals surface area contributed by atoms with Crippen LogP contribution >= 0.6 is 15.9 Å². The van der Waals surface area contributed by atoms with Crippen molar-refractivity contribution in [3.8, 4) is 0 Å². The number of nitro benzene ring substituents is 1. The molecule has 6 nitrogen and oxygen atoms in total. The molecule has 3 rings (SSSR count). The number of nitrogens with one attached hydrogen (secondary N) is 1. The monoisotopic (exact) mass is 401 g/mol. The molecule has 132 valence electrons. The van der Waals surface area contributed by atoms with Gasteiger partial charge in [0.05, 0.1) is 15.5 Å². The van der Waals surface area contributed by atoms with Crippen LogP contribution in [0.25, 0.3) is 0 Å². The SMILES string of the molecule is O=[N+]([O-])c1cc(F)c(Br)cc1NC1CCN(C2CCOCC2)CC1. The molecule has 1 aromatic carbocycles. The zero-order valence-corrected chi connectivity index (χ0v) is 14.9. The molecular weight excluding hydrogens is 381 g/mol. The summed E-state index contributed by atoms with van der Waals surface area (Å²) in [4.78, 5) is 13.1. The van der Waals surface area contributed by atoms with E-state index in [1.54, 1.807) is 0 Å². The summed E-state index contributed by atoms with van der Waals surface area (Å²) in [5.74, 6) is -0.624. The van der Waals surface area contributed by atoms with Crippen LogP contribution in [-0.2, 0) is 4.74 Å². The molecule has 0 aliphatic carbocycles. The molecule has 2 heterocycles. The van der Waals surface area contributed by atoms with Crippen molar-refractivity contribution >= 4 is 27.3 Å². The van der Waals surface area contributed by atoms with Gasteiger partial charge in [-0.3, -0.25) is 10.1 Å². The van der Waals surface area contributed by atoms with E-state index in [1.165, 1.54) is 6.07 Å². The average molecular weight is 402 g/mol. The van der Waals surface area contributed by atoms with E-state index in [2.05, 4.69) is 26.1 Å². The van der Waals surface area contributed by atoms with E-state index < -0.39 is 10.7 Å². The number of hydrogen-bond acceptors (Lipinski definition) is 5. The highest BCUT2D eigenvalue weighted by molar-refractivity contribution is 9.10. The summed E-state index contributed by atoms with van der Waals surface area (Å²) in [7, 11) is 0. The van der Waals surface area contributed by atoms with E-state index in [-0.39, 0.29) is 16.2 Å². The van der Waals surface area contributed by atoms with Crippen LogP contribution in [0.15, 0.2) is 16.6 Å². The molecule has 0 unspecified atom stereocenters. The molecule has 0 radical (unpaired) electrons. The van der Waals surface area contributed by atoms with Gasteiger partial charge in [-0.1, -0.05) is 0 Å². The first-order chi connectivity index (χ1) is 11.5. The van der Waals surface area contributed by atoms with Crippen molar-refractivity contribution in [2.24, 2.45) is 0 Å². The highest BCUT2D eigenvalue weighted by atomic mass is 79.9. The van der Waals surface area contributed by atoms with Crippen molar-refractivity contribution in [3.63, 3.8) is 0 Å². The molecule has 0 spiro atoms. The minimum Gasteiger partial charge on any atom is -0.381 e. The maximum atomic E-state index is 13.6. The number of likely N-dealkylation sites (tertiary alicyclic amines) is 1. The van der Waals surface area contributed by atoms with Crippen LogP contribution < -0.4 is 5.32 Å². The summed E-state index contributed by atoms with van der Waals surface area (Å²) in [6.45, 7) is 3.61. The van der Waals surface area contributed by atoms with Gasteiger partial charge in [-0.25, -0.2) is 4.39 Å². The molecule has 0 atom stereocenters. The second-order valence-electron chi connectivity index (χ2n) is 6.34. The Hall–Kier alpha value is -1.25. The Balaban J connectivity index is 1.61. The van der Waals surface area contributed by atoms with E-state index in [1.807, 2.05) is 0 Å². The molecule has 1 N–H and O–H groups in total. The Kier molecular flexibility index (Phi) is 5.68. The maximum absolute atomic E-state index is 13.6. The van der Waals surface area contributed by atoms with Gasteiger partial charge in [-0.15, -0.1) is 0 Å². The largest absolute Gasteiger partial charge is 0.381 e. The highest BCUT2D eigenvalue weighted by Crippen LogP contribution is 2.32. The first-order valence-corrected chi connectivity index (χ1v) is 9.05. The van der Waals surface area contributed by atoms with Crippen LogP contribution in [0.1, 0.15) is 25.7 Å². The fourth-order valence-electron chi connectivity index (χ4n) is 3.48. The molecule has 1 aromatic rings. The summed E-state index contributed by atoms with van der Waals surface area (Å²) < 4.78 is 19.2. The van der Waals surface area contributed by atoms with Gasteiger partial charge in [0.2, 0.25) is 0 Å². The zero-order chi connectivity index (χ0) is 17.1. The van der Waals surface area contributed by atoms with E-state index in [9.17, 15) is 14.5 Å². The summed E-state index contributed by atoms with van der Waals surface area (Å²) in [6, 6.07) is 3.17. The van der Waals surface area contributed by atoms with Gasteiger partial charge in [0.15, 0.2) is 0 Å². The lowest BCUT2D eigenvalue weighted by atomic mass is 9.99. The van der Waals surface area contributed by atoms with Crippen LogP contribution in [0.3, 0.4) is 0 Å². The molecule has 8 heteroatoms. The first kappa shape index (κ1) is 17.6. The fraction of sp³-hybridized carbons (Fsp3) is 0.625. The quantitative estimate of drug-likeness (QED) is 0.616. The molecule has 2 fully saturated rings. The minimum absolute atomic E-state index is 0.164. The summed E-state index contributed by atoms with van der Waals surface area (Å²) in [6.07, 6.45) is 4.00. The number of piperidine rings is 1. The van der Waals surface area contributed by atoms with E-state index in [0.717, 1.165) is 58.1 Å². The number of nitro groups is 1. The Labute approximate surface area is 148 Å². The van der Waals surface area contributed by atoms with Crippen LogP contribution in [0.5, 0.6) is 0 Å². The maximum Gasteiger partial charge on any atom is 0.295 e. The van der Waals surface area contributed by atoms with Crippen molar-refractivity contribution in [1.82, 2.24) is 4.90 Å². The zero-order valence-electron chi connectivity index (χ0n) is 13.3. The lowest BCUT2D eigenvalue weighted by molar-refractivity contribution is -0.384.